The number of nitrogens with one attached hydrogen (secondary N) is 4. The summed E-state index contributed by atoms with van der Waals surface area (Å²) in [4.78, 5) is 71.7. The van der Waals surface area contributed by atoms with Crippen molar-refractivity contribution < 1.29 is 38.2 Å². The predicted octanol–water partition coefficient (Wildman–Crippen LogP) is 4.46. The summed E-state index contributed by atoms with van der Waals surface area (Å²) in [7, 11) is 18.3. The van der Waals surface area contributed by atoms with Crippen LogP contribution in [0.1, 0.15) is 86.9 Å². The number of rotatable bonds is 11. The Hall–Kier alpha value is -5.57. The maximum absolute atomic E-state index is 14.5. The number of carbonyl (C=O) groups excluding carboxylic acids is 5. The van der Waals surface area contributed by atoms with Crippen molar-refractivity contribution in [3.63, 3.8) is 0 Å². The number of esters is 1. The third kappa shape index (κ3) is 10.2. The van der Waals surface area contributed by atoms with Crippen LogP contribution in [0.2, 0.25) is 0 Å². The normalized spacial score (nSPS) is 12.2. The number of hydrogen-bond donors (Lipinski definition) is 4. The average Bonchev–Trinajstić information content (AvgIpc) is 3.52. The van der Waals surface area contributed by atoms with E-state index in [2.05, 4.69) is 26.3 Å². The molecule has 13 nitrogen and oxygen atoms in total. The first-order valence-electron chi connectivity index (χ1n) is 17.3. The molecule has 4 amide bonds. The predicted molar refractivity (Wildman–Crippen MR) is 211 cm³/mol. The van der Waals surface area contributed by atoms with Crippen molar-refractivity contribution >= 4 is 70.3 Å². The van der Waals surface area contributed by atoms with Gasteiger partial charge in [-0.1, -0.05) is 18.2 Å². The van der Waals surface area contributed by atoms with Gasteiger partial charge in [-0.3, -0.25) is 14.4 Å². The lowest BCUT2D eigenvalue weighted by atomic mass is 9.49. The van der Waals surface area contributed by atoms with Crippen LogP contribution >= 0.6 is 11.3 Å². The van der Waals surface area contributed by atoms with E-state index in [1.54, 1.807) is 39.0 Å². The Balaban J connectivity index is 1.62. The summed E-state index contributed by atoms with van der Waals surface area (Å²) in [6.45, 7) is 7.80. The quantitative estimate of drug-likeness (QED) is 0.127. The fraction of sp³-hybridized carbons (Fsp3) is 0.316. The fourth-order valence-corrected chi connectivity index (χ4v) is 6.63. The number of methoxy groups -OCH3 is 1. The molecule has 6 radical (unpaired) electrons. The molecule has 2 aromatic heterocycles. The van der Waals surface area contributed by atoms with Crippen LogP contribution in [0.25, 0.3) is 21.6 Å². The number of alkyl carbamates (subject to hydrolysis) is 1. The van der Waals surface area contributed by atoms with Crippen LogP contribution in [-0.4, -0.2) is 89.4 Å². The number of aromatic nitrogens is 1. The Morgan fingerprint density at radius 3 is 2.35 bits per heavy atom. The molecule has 5 rings (SSSR count). The molecule has 0 saturated heterocycles. The number of fused-ring (bicyclic) bond motifs is 3. The first kappa shape index (κ1) is 40.6. The second-order valence-corrected chi connectivity index (χ2v) is 14.6. The minimum atomic E-state index is -2.11. The standard InChI is InChI=1S/C38H38B3N5O8S/c1-6-13-42-34(49)28-10-8-22(30(44-28)35(50)52-5)23-18-29-26(31-21(11-14-53-29)12-15-55-31)17-24(23)32(47)45-27-9-7-20(19-43-36(51)54-37(2,3)4)16-25(27)33(48)46-38(39,40)41/h7-10,12,15-18H,6,11,13-14,19H2,1-5H3,(H,42,49)(H,43,51)(H,45,47)(H,46,48). The molecule has 2 aromatic carbocycles. The maximum atomic E-state index is 14.5. The van der Waals surface area contributed by atoms with Crippen molar-refractivity contribution in [3.8, 4) is 27.3 Å². The smallest absolute Gasteiger partial charge is 0.407 e. The van der Waals surface area contributed by atoms with E-state index < -0.39 is 40.6 Å². The molecular weight excluding hydrogens is 719 g/mol. The molecule has 0 atom stereocenters. The zero-order chi connectivity index (χ0) is 40.1. The van der Waals surface area contributed by atoms with Gasteiger partial charge in [-0.25, -0.2) is 14.6 Å². The second kappa shape index (κ2) is 16.8. The van der Waals surface area contributed by atoms with E-state index in [1.807, 2.05) is 18.4 Å². The van der Waals surface area contributed by atoms with Crippen molar-refractivity contribution in [1.82, 2.24) is 20.9 Å². The van der Waals surface area contributed by atoms with E-state index in [0.717, 1.165) is 10.4 Å². The maximum Gasteiger partial charge on any atom is 0.407 e. The zero-order valence-electron chi connectivity index (χ0n) is 31.1. The van der Waals surface area contributed by atoms with Crippen LogP contribution in [-0.2, 0) is 22.4 Å². The highest BCUT2D eigenvalue weighted by Crippen LogP contribution is 2.43. The topological polar surface area (TPSA) is 174 Å². The SMILES string of the molecule is [B]C([B])([B])NC(=O)c1cc(CNC(=O)OC(C)(C)C)ccc1NC(=O)c1cc2c(cc1-c1ccc(C(=O)NCCC)nc1C(=O)OC)OCCc1ccsc1-2. The number of pyridine rings is 1. The molecule has 4 N–H and O–H groups in total. The number of thiophene rings is 1. The highest BCUT2D eigenvalue weighted by molar-refractivity contribution is 7.13. The Morgan fingerprint density at radius 2 is 1.65 bits per heavy atom. The van der Waals surface area contributed by atoms with E-state index in [9.17, 15) is 24.0 Å². The molecule has 0 bridgehead atoms. The summed E-state index contributed by atoms with van der Waals surface area (Å²) in [6.07, 6.45) is 0.637. The molecule has 0 saturated carbocycles. The number of nitrogens with zero attached hydrogens (tertiary/aromatic N) is 1. The largest absolute Gasteiger partial charge is 0.493 e. The van der Waals surface area contributed by atoms with Crippen molar-refractivity contribution in [2.45, 2.75) is 57.9 Å². The highest BCUT2D eigenvalue weighted by Gasteiger charge is 2.28. The van der Waals surface area contributed by atoms with E-state index >= 15 is 0 Å². The molecule has 0 aliphatic carbocycles. The average molecular weight is 757 g/mol. The first-order valence-corrected chi connectivity index (χ1v) is 18.2. The van der Waals surface area contributed by atoms with Gasteiger partial charge < -0.3 is 35.5 Å². The third-order valence-corrected chi connectivity index (χ3v) is 9.05. The molecule has 3 heterocycles. The van der Waals surface area contributed by atoms with Gasteiger partial charge in [0.05, 0.1) is 48.5 Å². The van der Waals surface area contributed by atoms with E-state index in [4.69, 9.17) is 37.7 Å². The van der Waals surface area contributed by atoms with Gasteiger partial charge in [0.1, 0.15) is 17.0 Å². The van der Waals surface area contributed by atoms with Gasteiger partial charge in [-0.2, -0.15) is 0 Å². The van der Waals surface area contributed by atoms with Crippen LogP contribution in [0, 0.1) is 0 Å². The molecular formula is C38H38B3N5O8S. The molecule has 55 heavy (non-hydrogen) atoms. The number of amides is 4. The number of ether oxygens (including phenoxy) is 3. The fourth-order valence-electron chi connectivity index (χ4n) is 5.65. The summed E-state index contributed by atoms with van der Waals surface area (Å²) in [5.74, 6) is -2.38. The Labute approximate surface area is 326 Å². The van der Waals surface area contributed by atoms with Crippen LogP contribution in [0.3, 0.4) is 0 Å². The Bertz CT molecular complexity index is 2140. The summed E-state index contributed by atoms with van der Waals surface area (Å²) < 4.78 is 16.5. The van der Waals surface area contributed by atoms with Crippen LogP contribution in [0.5, 0.6) is 5.75 Å². The van der Waals surface area contributed by atoms with Gasteiger partial charge in [0.2, 0.25) is 0 Å². The lowest BCUT2D eigenvalue weighted by Crippen LogP contribution is -2.50. The first-order chi connectivity index (χ1) is 26.0. The number of carbonyl (C=O) groups is 5. The lowest BCUT2D eigenvalue weighted by molar-refractivity contribution is 0.0521. The summed E-state index contributed by atoms with van der Waals surface area (Å²) in [6, 6.07) is 12.7. The van der Waals surface area contributed by atoms with Gasteiger partial charge in [0, 0.05) is 46.6 Å². The van der Waals surface area contributed by atoms with Crippen LogP contribution in [0.15, 0.2) is 53.9 Å². The molecule has 1 aliphatic rings. The minimum absolute atomic E-state index is 0.0227. The van der Waals surface area contributed by atoms with E-state index in [0.29, 0.717) is 42.9 Å². The molecule has 17 heteroatoms. The zero-order valence-corrected chi connectivity index (χ0v) is 31.9. The van der Waals surface area contributed by atoms with Crippen molar-refractivity contribution in [2.24, 2.45) is 0 Å². The van der Waals surface area contributed by atoms with Crippen molar-refractivity contribution in [2.75, 3.05) is 25.6 Å². The van der Waals surface area contributed by atoms with Crippen molar-refractivity contribution in [1.29, 1.82) is 0 Å². The van der Waals surface area contributed by atoms with E-state index in [-0.39, 0.29) is 45.9 Å². The van der Waals surface area contributed by atoms with Gasteiger partial charge >= 0.3 is 12.1 Å². The Morgan fingerprint density at radius 1 is 0.891 bits per heavy atom. The summed E-state index contributed by atoms with van der Waals surface area (Å²) in [5, 5.41) is 10.3. The Kier molecular flexibility index (Phi) is 12.4. The van der Waals surface area contributed by atoms with Gasteiger partial charge in [0.25, 0.3) is 17.7 Å². The van der Waals surface area contributed by atoms with Gasteiger partial charge in [0.15, 0.2) is 5.69 Å². The molecule has 0 spiro atoms. The molecule has 0 fully saturated rings. The number of hydrogen-bond acceptors (Lipinski definition) is 10. The highest BCUT2D eigenvalue weighted by atomic mass is 32.1. The monoisotopic (exact) mass is 757 g/mol. The van der Waals surface area contributed by atoms with Crippen molar-refractivity contribution in [3.05, 3.63) is 87.6 Å². The van der Waals surface area contributed by atoms with Gasteiger partial charge in [-0.15, -0.1) is 11.3 Å². The number of anilines is 1. The summed E-state index contributed by atoms with van der Waals surface area (Å²) in [5.41, 5.74) is 1.63. The van der Waals surface area contributed by atoms with Crippen LogP contribution < -0.4 is 26.0 Å². The minimum Gasteiger partial charge on any atom is -0.493 e. The second-order valence-electron chi connectivity index (χ2n) is 13.7. The number of benzene rings is 2. The molecule has 0 unspecified atom stereocenters. The van der Waals surface area contributed by atoms with Crippen LogP contribution in [0.4, 0.5) is 10.5 Å². The molecule has 1 aliphatic heterocycles. The third-order valence-electron chi connectivity index (χ3n) is 8.06. The molecule has 4 aromatic rings. The lowest BCUT2D eigenvalue weighted by Gasteiger charge is -2.24. The van der Waals surface area contributed by atoms with E-state index in [1.165, 1.54) is 42.7 Å². The van der Waals surface area contributed by atoms with Gasteiger partial charge in [-0.05, 0) is 86.2 Å². The summed E-state index contributed by atoms with van der Waals surface area (Å²) >= 11 is 1.48. The molecule has 278 valence electrons.